The standard InChI is InChI=1S/C42H67N3O5S/c1-30-14-20-34(21-15-30)51-24-33(22-38(2,3)4)36(47)31-16-18-32(19-17-31)37(48)45-27-42(11,12)49-28-39(5,6)23-35(46)44-26-41(9,10)50-29-40(7,8)25-43-13/h14-21,33,43H,22-29H2,1-13H3,(H,44,46)(H,45,48). The SMILES string of the molecule is CNCC(C)(C)COC(C)(C)CNC(=O)CC(C)(C)COC(C)(C)CNC(=O)c1ccc(C(=O)C(CSc2ccc(C)cc2)CC(C)(C)C)cc1. The summed E-state index contributed by atoms with van der Waals surface area (Å²) < 4.78 is 12.4. The third-order valence-electron chi connectivity index (χ3n) is 8.52. The second-order valence-corrected chi connectivity index (χ2v) is 19.2. The van der Waals surface area contributed by atoms with Gasteiger partial charge in [-0.05, 0) is 83.2 Å². The van der Waals surface area contributed by atoms with E-state index >= 15 is 0 Å². The predicted molar refractivity (Wildman–Crippen MR) is 212 cm³/mol. The monoisotopic (exact) mass is 725 g/mol. The lowest BCUT2D eigenvalue weighted by Crippen LogP contribution is -2.45. The van der Waals surface area contributed by atoms with Crippen molar-refractivity contribution >= 4 is 29.4 Å². The van der Waals surface area contributed by atoms with Crippen molar-refractivity contribution < 1.29 is 23.9 Å². The number of carbonyl (C=O) groups excluding carboxylic acids is 3. The lowest BCUT2D eigenvalue weighted by molar-refractivity contribution is -0.127. The van der Waals surface area contributed by atoms with E-state index in [0.29, 0.717) is 43.1 Å². The summed E-state index contributed by atoms with van der Waals surface area (Å²) in [5, 5.41) is 9.20. The molecule has 51 heavy (non-hydrogen) atoms. The summed E-state index contributed by atoms with van der Waals surface area (Å²) in [4.78, 5) is 40.8. The van der Waals surface area contributed by atoms with Gasteiger partial charge in [-0.1, -0.05) is 78.3 Å². The maximum atomic E-state index is 13.7. The summed E-state index contributed by atoms with van der Waals surface area (Å²) in [7, 11) is 1.93. The molecule has 0 aliphatic heterocycles. The number of rotatable bonds is 21. The van der Waals surface area contributed by atoms with E-state index in [1.165, 1.54) is 5.56 Å². The lowest BCUT2D eigenvalue weighted by Gasteiger charge is -2.33. The number of benzene rings is 2. The van der Waals surface area contributed by atoms with Gasteiger partial charge in [0, 0.05) is 59.2 Å². The zero-order valence-corrected chi connectivity index (χ0v) is 34.6. The number of nitrogens with one attached hydrogen (secondary N) is 3. The summed E-state index contributed by atoms with van der Waals surface area (Å²) in [6.07, 6.45) is 1.07. The Morgan fingerprint density at radius 2 is 1.20 bits per heavy atom. The van der Waals surface area contributed by atoms with Crippen LogP contribution in [0.1, 0.15) is 115 Å². The second kappa shape index (κ2) is 18.9. The van der Waals surface area contributed by atoms with Crippen LogP contribution in [-0.4, -0.2) is 74.4 Å². The molecule has 3 N–H and O–H groups in total. The first-order valence-electron chi connectivity index (χ1n) is 18.2. The van der Waals surface area contributed by atoms with Gasteiger partial charge in [-0.2, -0.15) is 0 Å². The summed E-state index contributed by atoms with van der Waals surface area (Å²) >= 11 is 1.71. The predicted octanol–water partition coefficient (Wildman–Crippen LogP) is 8.12. The Bertz CT molecular complexity index is 1410. The second-order valence-electron chi connectivity index (χ2n) is 18.1. The minimum absolute atomic E-state index is 0.000599. The molecule has 8 nitrogen and oxygen atoms in total. The number of carbonyl (C=O) groups is 3. The highest BCUT2D eigenvalue weighted by Gasteiger charge is 2.30. The number of Topliss-reactive ketones (excluding diaryl/α,β-unsaturated/α-hetero) is 1. The smallest absolute Gasteiger partial charge is 0.251 e. The average Bonchev–Trinajstić information content (AvgIpc) is 3.03. The van der Waals surface area contributed by atoms with Gasteiger partial charge in [0.05, 0.1) is 24.4 Å². The Morgan fingerprint density at radius 1 is 0.686 bits per heavy atom. The van der Waals surface area contributed by atoms with Crippen LogP contribution in [0.5, 0.6) is 0 Å². The van der Waals surface area contributed by atoms with Crippen LogP contribution in [-0.2, 0) is 14.3 Å². The van der Waals surface area contributed by atoms with Crippen molar-refractivity contribution in [2.24, 2.45) is 22.2 Å². The molecule has 2 rings (SSSR count). The third kappa shape index (κ3) is 17.6. The normalized spacial score (nSPS) is 13.5. The molecule has 2 aromatic rings. The quantitative estimate of drug-likeness (QED) is 0.0882. The van der Waals surface area contributed by atoms with Gasteiger partial charge in [-0.3, -0.25) is 14.4 Å². The van der Waals surface area contributed by atoms with E-state index in [-0.39, 0.29) is 40.9 Å². The van der Waals surface area contributed by atoms with Crippen molar-refractivity contribution in [3.05, 3.63) is 65.2 Å². The van der Waals surface area contributed by atoms with Crippen LogP contribution < -0.4 is 16.0 Å². The molecule has 0 aromatic heterocycles. The van der Waals surface area contributed by atoms with Gasteiger partial charge in [0.15, 0.2) is 5.78 Å². The van der Waals surface area contributed by atoms with Gasteiger partial charge >= 0.3 is 0 Å². The van der Waals surface area contributed by atoms with Crippen LogP contribution in [0.2, 0.25) is 0 Å². The molecule has 0 saturated heterocycles. The first kappa shape index (κ1) is 44.4. The van der Waals surface area contributed by atoms with Crippen LogP contribution in [0.25, 0.3) is 0 Å². The fraction of sp³-hybridized carbons (Fsp3) is 0.643. The first-order valence-corrected chi connectivity index (χ1v) is 19.2. The minimum atomic E-state index is -0.662. The minimum Gasteiger partial charge on any atom is -0.373 e. The number of ketones is 1. The van der Waals surface area contributed by atoms with Crippen molar-refractivity contribution in [3.8, 4) is 0 Å². The van der Waals surface area contributed by atoms with E-state index in [4.69, 9.17) is 9.47 Å². The fourth-order valence-electron chi connectivity index (χ4n) is 5.49. The molecule has 286 valence electrons. The summed E-state index contributed by atoms with van der Waals surface area (Å²) in [5.74, 6) is 0.364. The maximum Gasteiger partial charge on any atom is 0.251 e. The van der Waals surface area contributed by atoms with E-state index in [1.807, 2.05) is 48.6 Å². The molecular formula is C42H67N3O5S. The number of thioether (sulfide) groups is 1. The number of amides is 2. The molecule has 2 aromatic carbocycles. The molecule has 1 unspecified atom stereocenters. The topological polar surface area (TPSA) is 106 Å². The van der Waals surface area contributed by atoms with Gasteiger partial charge in [-0.25, -0.2) is 0 Å². The van der Waals surface area contributed by atoms with E-state index in [2.05, 4.69) is 81.8 Å². The molecule has 9 heteroatoms. The Hall–Kier alpha value is -2.72. The number of ether oxygens (including phenoxy) is 2. The van der Waals surface area contributed by atoms with Crippen LogP contribution in [0.4, 0.5) is 0 Å². The zero-order chi connectivity index (χ0) is 38.7. The van der Waals surface area contributed by atoms with E-state index in [9.17, 15) is 14.4 Å². The molecular weight excluding hydrogens is 659 g/mol. The van der Waals surface area contributed by atoms with Crippen LogP contribution in [0.15, 0.2) is 53.4 Å². The van der Waals surface area contributed by atoms with Gasteiger partial charge < -0.3 is 25.4 Å². The molecule has 2 amide bonds. The molecule has 0 fully saturated rings. The van der Waals surface area contributed by atoms with Crippen molar-refractivity contribution in [1.82, 2.24) is 16.0 Å². The largest absolute Gasteiger partial charge is 0.373 e. The van der Waals surface area contributed by atoms with Crippen LogP contribution in [0.3, 0.4) is 0 Å². The number of hydrogen-bond acceptors (Lipinski definition) is 7. The molecule has 0 bridgehead atoms. The van der Waals surface area contributed by atoms with Gasteiger partial charge in [0.1, 0.15) is 0 Å². The average molecular weight is 726 g/mol. The molecule has 0 saturated carbocycles. The first-order chi connectivity index (χ1) is 23.4. The molecule has 0 radical (unpaired) electrons. The van der Waals surface area contributed by atoms with E-state index in [1.54, 1.807) is 36.0 Å². The Morgan fingerprint density at radius 3 is 1.73 bits per heavy atom. The highest BCUT2D eigenvalue weighted by Crippen LogP contribution is 2.32. The molecule has 0 aliphatic carbocycles. The zero-order valence-electron chi connectivity index (χ0n) is 33.8. The number of aryl methyl sites for hydroxylation is 1. The van der Waals surface area contributed by atoms with Crippen molar-refractivity contribution in [2.75, 3.05) is 45.6 Å². The summed E-state index contributed by atoms with van der Waals surface area (Å²) in [6, 6.07) is 15.3. The summed E-state index contributed by atoms with van der Waals surface area (Å²) in [6.45, 7) is 27.1. The third-order valence-corrected chi connectivity index (χ3v) is 9.70. The highest BCUT2D eigenvalue weighted by molar-refractivity contribution is 7.99. The molecule has 1 atom stereocenters. The van der Waals surface area contributed by atoms with Crippen molar-refractivity contribution in [1.29, 1.82) is 0 Å². The van der Waals surface area contributed by atoms with Gasteiger partial charge in [0.2, 0.25) is 5.91 Å². The highest BCUT2D eigenvalue weighted by atomic mass is 32.2. The fourth-order valence-corrected chi connectivity index (χ4v) is 6.48. The summed E-state index contributed by atoms with van der Waals surface area (Å²) in [5.41, 5.74) is 0.729. The Labute approximate surface area is 313 Å². The molecule has 0 aliphatic rings. The molecule has 0 spiro atoms. The van der Waals surface area contributed by atoms with Gasteiger partial charge in [0.25, 0.3) is 5.91 Å². The molecule has 0 heterocycles. The lowest BCUT2D eigenvalue weighted by atomic mass is 9.82. The Balaban J connectivity index is 1.88. The van der Waals surface area contributed by atoms with Crippen molar-refractivity contribution in [2.45, 2.75) is 112 Å². The van der Waals surface area contributed by atoms with Crippen LogP contribution >= 0.6 is 11.8 Å². The van der Waals surface area contributed by atoms with Gasteiger partial charge in [-0.15, -0.1) is 11.8 Å². The van der Waals surface area contributed by atoms with Crippen molar-refractivity contribution in [3.63, 3.8) is 0 Å². The van der Waals surface area contributed by atoms with E-state index in [0.717, 1.165) is 17.9 Å². The van der Waals surface area contributed by atoms with E-state index < -0.39 is 16.6 Å². The number of hydrogen-bond donors (Lipinski definition) is 3. The van der Waals surface area contributed by atoms with Crippen LogP contribution in [0, 0.1) is 29.1 Å². The maximum absolute atomic E-state index is 13.7. The Kier molecular flexibility index (Phi) is 16.4.